The van der Waals surface area contributed by atoms with Crippen LogP contribution in [0.1, 0.15) is 23.1 Å². The van der Waals surface area contributed by atoms with Gasteiger partial charge in [0.25, 0.3) is 0 Å². The van der Waals surface area contributed by atoms with Crippen LogP contribution >= 0.6 is 0 Å². The lowest BCUT2D eigenvalue weighted by atomic mass is 10.1. The smallest absolute Gasteiger partial charge is 0.228 e. The van der Waals surface area contributed by atoms with Crippen molar-refractivity contribution in [3.63, 3.8) is 0 Å². The van der Waals surface area contributed by atoms with Crippen LogP contribution < -0.4 is 0 Å². The average molecular weight is 393 g/mol. The maximum atomic E-state index is 13.0. The van der Waals surface area contributed by atoms with Crippen molar-refractivity contribution in [2.75, 3.05) is 32.7 Å². The molecule has 6 nitrogen and oxygen atoms in total. The van der Waals surface area contributed by atoms with Gasteiger partial charge in [-0.05, 0) is 30.2 Å². The predicted octanol–water partition coefficient (Wildman–Crippen LogP) is 2.08. The summed E-state index contributed by atoms with van der Waals surface area (Å²) in [5, 5.41) is 0. The van der Waals surface area contributed by atoms with Crippen LogP contribution in [-0.2, 0) is 22.7 Å². The summed E-state index contributed by atoms with van der Waals surface area (Å²) >= 11 is 0. The molecule has 0 aliphatic carbocycles. The number of aromatic nitrogens is 1. The summed E-state index contributed by atoms with van der Waals surface area (Å²) in [5.74, 6) is 0.00765. The van der Waals surface area contributed by atoms with Gasteiger partial charge in [-0.1, -0.05) is 29.8 Å². The molecule has 1 unspecified atom stereocenters. The van der Waals surface area contributed by atoms with E-state index in [2.05, 4.69) is 41.1 Å². The van der Waals surface area contributed by atoms with E-state index in [1.54, 1.807) is 0 Å². The topological polar surface area (TPSA) is 56.8 Å². The maximum absolute atomic E-state index is 13.0. The summed E-state index contributed by atoms with van der Waals surface area (Å²) in [7, 11) is 0. The summed E-state index contributed by atoms with van der Waals surface area (Å²) in [6, 6.07) is 12.3. The molecule has 0 N–H and O–H groups in total. The van der Waals surface area contributed by atoms with Gasteiger partial charge < -0.3 is 9.80 Å². The fourth-order valence-corrected chi connectivity index (χ4v) is 4.14. The van der Waals surface area contributed by atoms with Gasteiger partial charge in [0.2, 0.25) is 11.8 Å². The summed E-state index contributed by atoms with van der Waals surface area (Å²) in [5.41, 5.74) is 3.56. The predicted molar refractivity (Wildman–Crippen MR) is 111 cm³/mol. The van der Waals surface area contributed by atoms with Crippen molar-refractivity contribution in [2.45, 2.75) is 26.4 Å². The number of amides is 2. The van der Waals surface area contributed by atoms with E-state index in [0.717, 1.165) is 38.3 Å². The first-order chi connectivity index (χ1) is 14.1. The Balaban J connectivity index is 1.28. The number of carbonyl (C=O) groups is 2. The zero-order chi connectivity index (χ0) is 20.2. The molecule has 0 spiro atoms. The second kappa shape index (κ2) is 8.74. The van der Waals surface area contributed by atoms with Gasteiger partial charge in [0.05, 0.1) is 5.92 Å². The van der Waals surface area contributed by atoms with E-state index in [9.17, 15) is 9.59 Å². The van der Waals surface area contributed by atoms with Crippen LogP contribution in [0.15, 0.2) is 48.8 Å². The number of aryl methyl sites for hydroxylation is 1. The zero-order valence-corrected chi connectivity index (χ0v) is 17.0. The van der Waals surface area contributed by atoms with Crippen LogP contribution in [0.5, 0.6) is 0 Å². The minimum atomic E-state index is -0.209. The monoisotopic (exact) mass is 392 g/mol. The van der Waals surface area contributed by atoms with Crippen LogP contribution in [0.2, 0.25) is 0 Å². The van der Waals surface area contributed by atoms with Crippen molar-refractivity contribution in [3.8, 4) is 0 Å². The minimum absolute atomic E-state index is 0.0836. The lowest BCUT2D eigenvalue weighted by molar-refractivity contribution is -0.137. The van der Waals surface area contributed by atoms with Crippen LogP contribution in [-0.4, -0.2) is 64.2 Å². The number of piperazine rings is 1. The highest BCUT2D eigenvalue weighted by molar-refractivity contribution is 5.89. The van der Waals surface area contributed by atoms with Crippen LogP contribution in [0, 0.1) is 12.8 Å². The Kier molecular flexibility index (Phi) is 5.90. The molecular formula is C23H28N4O2. The number of nitrogens with zero attached hydrogens (tertiary/aromatic N) is 4. The maximum Gasteiger partial charge on any atom is 0.228 e. The summed E-state index contributed by atoms with van der Waals surface area (Å²) in [4.78, 5) is 35.6. The summed E-state index contributed by atoms with van der Waals surface area (Å²) in [6.07, 6.45) is 3.96. The van der Waals surface area contributed by atoms with Gasteiger partial charge in [0.1, 0.15) is 0 Å². The molecule has 2 aliphatic rings. The first-order valence-electron chi connectivity index (χ1n) is 10.3. The number of rotatable bonds is 5. The van der Waals surface area contributed by atoms with Crippen molar-refractivity contribution >= 4 is 11.8 Å². The van der Waals surface area contributed by atoms with E-state index in [0.29, 0.717) is 19.5 Å². The molecule has 1 aromatic carbocycles. The zero-order valence-electron chi connectivity index (χ0n) is 17.0. The van der Waals surface area contributed by atoms with Crippen LogP contribution in [0.3, 0.4) is 0 Å². The molecule has 2 aliphatic heterocycles. The third-order valence-corrected chi connectivity index (χ3v) is 5.90. The fourth-order valence-electron chi connectivity index (χ4n) is 4.14. The van der Waals surface area contributed by atoms with Crippen LogP contribution in [0.25, 0.3) is 0 Å². The fraction of sp³-hybridized carbons (Fsp3) is 0.435. The number of carbonyl (C=O) groups excluding carboxylic acids is 2. The summed E-state index contributed by atoms with van der Waals surface area (Å²) in [6.45, 7) is 7.24. The van der Waals surface area contributed by atoms with Gasteiger partial charge in [-0.25, -0.2) is 0 Å². The quantitative estimate of drug-likeness (QED) is 0.782. The molecule has 2 amide bonds. The molecular weight excluding hydrogens is 364 g/mol. The number of benzene rings is 1. The molecule has 3 heterocycles. The van der Waals surface area contributed by atoms with Crippen molar-refractivity contribution in [3.05, 3.63) is 65.5 Å². The Morgan fingerprint density at radius 2 is 1.62 bits per heavy atom. The van der Waals surface area contributed by atoms with Gasteiger partial charge in [-0.15, -0.1) is 0 Å². The lowest BCUT2D eigenvalue weighted by Gasteiger charge is -2.35. The number of hydrogen-bond acceptors (Lipinski definition) is 4. The second-order valence-electron chi connectivity index (χ2n) is 8.12. The molecule has 4 rings (SSSR count). The average Bonchev–Trinajstić information content (AvgIpc) is 3.11. The Hall–Kier alpha value is -2.73. The van der Waals surface area contributed by atoms with E-state index < -0.39 is 0 Å². The largest absolute Gasteiger partial charge is 0.340 e. The van der Waals surface area contributed by atoms with Crippen molar-refractivity contribution in [2.24, 2.45) is 5.92 Å². The molecule has 2 fully saturated rings. The highest BCUT2D eigenvalue weighted by atomic mass is 16.2. The lowest BCUT2D eigenvalue weighted by Crippen LogP contribution is -2.50. The Morgan fingerprint density at radius 3 is 2.31 bits per heavy atom. The second-order valence-corrected chi connectivity index (χ2v) is 8.12. The molecule has 0 radical (unpaired) electrons. The first kappa shape index (κ1) is 19.6. The van der Waals surface area contributed by atoms with Gasteiger partial charge in [-0.2, -0.15) is 0 Å². The molecule has 29 heavy (non-hydrogen) atoms. The third-order valence-electron chi connectivity index (χ3n) is 5.90. The highest BCUT2D eigenvalue weighted by Gasteiger charge is 2.37. The Bertz CT molecular complexity index is 845. The molecule has 1 atom stereocenters. The standard InChI is InChI=1S/C23H28N4O2/c1-18-2-4-19(5-3-18)16-27-17-21(14-22(27)28)23(29)26-12-10-25(11-13-26)15-20-6-8-24-9-7-20/h2-9,21H,10-17H2,1H3. The van der Waals surface area contributed by atoms with Gasteiger partial charge in [-0.3, -0.25) is 19.5 Å². The number of likely N-dealkylation sites (tertiary alicyclic amines) is 1. The minimum Gasteiger partial charge on any atom is -0.340 e. The first-order valence-corrected chi connectivity index (χ1v) is 10.3. The van der Waals surface area contributed by atoms with Gasteiger partial charge in [0, 0.05) is 64.6 Å². The molecule has 152 valence electrons. The molecule has 0 bridgehead atoms. The summed E-state index contributed by atoms with van der Waals surface area (Å²) < 4.78 is 0. The molecule has 6 heteroatoms. The Morgan fingerprint density at radius 1 is 0.966 bits per heavy atom. The van der Waals surface area contributed by atoms with E-state index in [1.165, 1.54) is 11.1 Å². The molecule has 1 aromatic heterocycles. The highest BCUT2D eigenvalue weighted by Crippen LogP contribution is 2.23. The molecule has 2 aromatic rings. The normalized spacial score (nSPS) is 20.3. The van der Waals surface area contributed by atoms with Gasteiger partial charge in [0.15, 0.2) is 0 Å². The SMILES string of the molecule is Cc1ccc(CN2CC(C(=O)N3CCN(Cc4ccncc4)CC3)CC2=O)cc1. The number of pyridine rings is 1. The molecule has 2 saturated heterocycles. The molecule has 0 saturated carbocycles. The third kappa shape index (κ3) is 4.82. The van der Waals surface area contributed by atoms with Crippen LogP contribution in [0.4, 0.5) is 0 Å². The van der Waals surface area contributed by atoms with E-state index in [-0.39, 0.29) is 17.7 Å². The van der Waals surface area contributed by atoms with E-state index in [4.69, 9.17) is 0 Å². The van der Waals surface area contributed by atoms with Crippen molar-refractivity contribution < 1.29 is 9.59 Å². The number of hydrogen-bond donors (Lipinski definition) is 0. The van der Waals surface area contributed by atoms with Crippen molar-refractivity contribution in [1.29, 1.82) is 0 Å². The van der Waals surface area contributed by atoms with Crippen molar-refractivity contribution in [1.82, 2.24) is 19.7 Å². The van der Waals surface area contributed by atoms with E-state index >= 15 is 0 Å². The van der Waals surface area contributed by atoms with E-state index in [1.807, 2.05) is 34.3 Å². The Labute approximate surface area is 172 Å². The van der Waals surface area contributed by atoms with Gasteiger partial charge >= 0.3 is 0 Å².